The Bertz CT molecular complexity index is 268. The predicted molar refractivity (Wildman–Crippen MR) is 46.9 cm³/mol. The molecule has 0 aromatic rings. The van der Waals surface area contributed by atoms with Crippen LogP contribution in [0, 0.1) is 0 Å². The van der Waals surface area contributed by atoms with Gasteiger partial charge in [-0.05, 0) is 6.42 Å². The number of ketones is 1. The summed E-state index contributed by atoms with van der Waals surface area (Å²) in [7, 11) is 0. The Balaban J connectivity index is 2.57. The van der Waals surface area contributed by atoms with E-state index >= 15 is 0 Å². The molecule has 0 bridgehead atoms. The second kappa shape index (κ2) is 4.07. The Morgan fingerprint density at radius 2 is 2.23 bits per heavy atom. The van der Waals surface area contributed by atoms with Crippen LogP contribution in [0.3, 0.4) is 0 Å². The quantitative estimate of drug-likeness (QED) is 0.686. The molecule has 0 spiro atoms. The Kier molecular flexibility index (Phi) is 3.06. The number of allylic oxidation sites excluding steroid dienone is 2. The first-order valence-electron chi connectivity index (χ1n) is 4.40. The van der Waals surface area contributed by atoms with Gasteiger partial charge < -0.3 is 10.4 Å². The molecule has 4 heteroatoms. The highest BCUT2D eigenvalue weighted by molar-refractivity contribution is 6.01. The summed E-state index contributed by atoms with van der Waals surface area (Å²) in [5.74, 6) is -0.379. The second-order valence-corrected chi connectivity index (χ2v) is 3.04. The third kappa shape index (κ3) is 2.31. The van der Waals surface area contributed by atoms with Crippen LogP contribution in [0.15, 0.2) is 11.5 Å². The van der Waals surface area contributed by atoms with E-state index in [-0.39, 0.29) is 23.1 Å². The lowest BCUT2D eigenvalue weighted by molar-refractivity contribution is -0.122. The maximum atomic E-state index is 11.1. The van der Waals surface area contributed by atoms with Gasteiger partial charge in [-0.2, -0.15) is 0 Å². The second-order valence-electron chi connectivity index (χ2n) is 3.04. The SMILES string of the molecule is CCCC(=O)NC1=C(O)CCC1=O. The number of carbonyl (C=O) groups excluding carboxylic acids is 2. The van der Waals surface area contributed by atoms with Crippen LogP contribution >= 0.6 is 0 Å². The number of nitrogens with one attached hydrogen (secondary N) is 1. The molecule has 72 valence electrons. The average Bonchev–Trinajstić information content (AvgIpc) is 2.36. The summed E-state index contributed by atoms with van der Waals surface area (Å²) in [6.07, 6.45) is 1.76. The molecule has 2 N–H and O–H groups in total. The van der Waals surface area contributed by atoms with E-state index in [0.29, 0.717) is 19.3 Å². The van der Waals surface area contributed by atoms with Crippen molar-refractivity contribution in [2.24, 2.45) is 0 Å². The molecule has 0 saturated heterocycles. The molecule has 1 aliphatic rings. The maximum absolute atomic E-state index is 11.1. The van der Waals surface area contributed by atoms with Crippen molar-refractivity contribution < 1.29 is 14.7 Å². The number of hydrogen-bond donors (Lipinski definition) is 2. The third-order valence-electron chi connectivity index (χ3n) is 1.90. The zero-order valence-electron chi connectivity index (χ0n) is 7.59. The van der Waals surface area contributed by atoms with Crippen molar-refractivity contribution in [1.82, 2.24) is 5.32 Å². The highest BCUT2D eigenvalue weighted by atomic mass is 16.3. The van der Waals surface area contributed by atoms with E-state index in [1.165, 1.54) is 0 Å². The summed E-state index contributed by atoms with van der Waals surface area (Å²) in [4.78, 5) is 22.2. The van der Waals surface area contributed by atoms with E-state index in [2.05, 4.69) is 5.32 Å². The first-order valence-corrected chi connectivity index (χ1v) is 4.40. The van der Waals surface area contributed by atoms with Gasteiger partial charge in [0.1, 0.15) is 11.5 Å². The van der Waals surface area contributed by atoms with Crippen LogP contribution in [-0.2, 0) is 9.59 Å². The molecule has 0 atom stereocenters. The highest BCUT2D eigenvalue weighted by Crippen LogP contribution is 2.18. The molecule has 0 radical (unpaired) electrons. The molecule has 0 aromatic heterocycles. The minimum Gasteiger partial charge on any atom is -0.510 e. The Morgan fingerprint density at radius 3 is 2.69 bits per heavy atom. The zero-order valence-corrected chi connectivity index (χ0v) is 7.59. The van der Waals surface area contributed by atoms with Crippen molar-refractivity contribution >= 4 is 11.7 Å². The fraction of sp³-hybridized carbons (Fsp3) is 0.556. The minimum atomic E-state index is -0.209. The van der Waals surface area contributed by atoms with Crippen molar-refractivity contribution in [1.29, 1.82) is 0 Å². The monoisotopic (exact) mass is 183 g/mol. The maximum Gasteiger partial charge on any atom is 0.224 e. The molecule has 1 aliphatic carbocycles. The third-order valence-corrected chi connectivity index (χ3v) is 1.90. The van der Waals surface area contributed by atoms with E-state index in [9.17, 15) is 14.7 Å². The molecule has 0 aliphatic heterocycles. The van der Waals surface area contributed by atoms with Gasteiger partial charge >= 0.3 is 0 Å². The molecule has 0 saturated carbocycles. The smallest absolute Gasteiger partial charge is 0.224 e. The van der Waals surface area contributed by atoms with E-state index in [4.69, 9.17) is 0 Å². The van der Waals surface area contributed by atoms with E-state index < -0.39 is 0 Å². The van der Waals surface area contributed by atoms with Gasteiger partial charge in [-0.15, -0.1) is 0 Å². The van der Waals surface area contributed by atoms with Crippen molar-refractivity contribution in [2.75, 3.05) is 0 Å². The zero-order chi connectivity index (χ0) is 9.84. The van der Waals surface area contributed by atoms with E-state index in [1.807, 2.05) is 6.92 Å². The number of aliphatic hydroxyl groups excluding tert-OH is 1. The van der Waals surface area contributed by atoms with Gasteiger partial charge in [-0.1, -0.05) is 6.92 Å². The van der Waals surface area contributed by atoms with Crippen molar-refractivity contribution in [3.05, 3.63) is 11.5 Å². The van der Waals surface area contributed by atoms with Crippen LogP contribution in [0.1, 0.15) is 32.6 Å². The molecule has 0 aromatic carbocycles. The number of rotatable bonds is 3. The Hall–Kier alpha value is -1.32. The average molecular weight is 183 g/mol. The number of carbonyl (C=O) groups is 2. The molecular formula is C9H13NO3. The molecule has 0 heterocycles. The summed E-state index contributed by atoms with van der Waals surface area (Å²) < 4.78 is 0. The molecule has 0 unspecified atom stereocenters. The molecular weight excluding hydrogens is 170 g/mol. The van der Waals surface area contributed by atoms with Gasteiger partial charge in [0.2, 0.25) is 5.91 Å². The van der Waals surface area contributed by atoms with Gasteiger partial charge in [-0.25, -0.2) is 0 Å². The molecule has 1 amide bonds. The van der Waals surface area contributed by atoms with Crippen LogP contribution in [0.25, 0.3) is 0 Å². The lowest BCUT2D eigenvalue weighted by Crippen LogP contribution is -2.25. The molecule has 4 nitrogen and oxygen atoms in total. The lowest BCUT2D eigenvalue weighted by Gasteiger charge is -2.03. The highest BCUT2D eigenvalue weighted by Gasteiger charge is 2.23. The molecule has 0 fully saturated rings. The summed E-state index contributed by atoms with van der Waals surface area (Å²) >= 11 is 0. The lowest BCUT2D eigenvalue weighted by atomic mass is 10.3. The Morgan fingerprint density at radius 1 is 1.54 bits per heavy atom. The summed E-state index contributed by atoms with van der Waals surface area (Å²) in [5, 5.41) is 11.6. The van der Waals surface area contributed by atoms with Crippen LogP contribution < -0.4 is 5.32 Å². The fourth-order valence-electron chi connectivity index (χ4n) is 1.21. The number of aliphatic hydroxyl groups is 1. The summed E-state index contributed by atoms with van der Waals surface area (Å²) in [5.41, 5.74) is 0.0958. The largest absolute Gasteiger partial charge is 0.510 e. The van der Waals surface area contributed by atoms with E-state index in [1.54, 1.807) is 0 Å². The molecule has 1 rings (SSSR count). The van der Waals surface area contributed by atoms with Crippen molar-refractivity contribution in [2.45, 2.75) is 32.6 Å². The van der Waals surface area contributed by atoms with Gasteiger partial charge in [-0.3, -0.25) is 9.59 Å². The van der Waals surface area contributed by atoms with Gasteiger partial charge in [0.15, 0.2) is 5.78 Å². The molecule has 13 heavy (non-hydrogen) atoms. The first-order chi connectivity index (χ1) is 6.15. The number of hydrogen-bond acceptors (Lipinski definition) is 3. The van der Waals surface area contributed by atoms with Crippen LogP contribution in [0.2, 0.25) is 0 Å². The van der Waals surface area contributed by atoms with Gasteiger partial charge in [0.05, 0.1) is 0 Å². The van der Waals surface area contributed by atoms with Gasteiger partial charge in [0, 0.05) is 19.3 Å². The Labute approximate surface area is 76.6 Å². The summed E-state index contributed by atoms with van der Waals surface area (Å²) in [6, 6.07) is 0. The topological polar surface area (TPSA) is 66.4 Å². The van der Waals surface area contributed by atoms with Crippen molar-refractivity contribution in [3.63, 3.8) is 0 Å². The summed E-state index contributed by atoms with van der Waals surface area (Å²) in [6.45, 7) is 1.88. The minimum absolute atomic E-state index is 0.00875. The van der Waals surface area contributed by atoms with E-state index in [0.717, 1.165) is 6.42 Å². The van der Waals surface area contributed by atoms with Crippen LogP contribution in [-0.4, -0.2) is 16.8 Å². The number of Topliss-reactive ketones (excluding diaryl/α,β-unsaturated/α-hetero) is 1. The van der Waals surface area contributed by atoms with Crippen LogP contribution in [0.4, 0.5) is 0 Å². The first kappa shape index (κ1) is 9.77. The normalized spacial score (nSPS) is 16.5. The van der Waals surface area contributed by atoms with Crippen LogP contribution in [0.5, 0.6) is 0 Å². The van der Waals surface area contributed by atoms with Gasteiger partial charge in [0.25, 0.3) is 0 Å². The fourth-order valence-corrected chi connectivity index (χ4v) is 1.21. The number of amides is 1. The van der Waals surface area contributed by atoms with Crippen molar-refractivity contribution in [3.8, 4) is 0 Å². The standard InChI is InChI=1S/C9H13NO3/c1-2-3-8(13)10-9-6(11)4-5-7(9)12/h11H,2-5H2,1H3,(H,10,13). The predicted octanol–water partition coefficient (Wildman–Crippen LogP) is 1.04.